The molecule has 1 rings (SSSR count). The summed E-state index contributed by atoms with van der Waals surface area (Å²) in [4.78, 5) is 0. The maximum absolute atomic E-state index is 9.70. The van der Waals surface area contributed by atoms with Crippen molar-refractivity contribution in [2.75, 3.05) is 0 Å². The molecule has 1 saturated heterocycles. The van der Waals surface area contributed by atoms with Crippen LogP contribution in [0.4, 0.5) is 0 Å². The van der Waals surface area contributed by atoms with Crippen molar-refractivity contribution >= 4 is 0 Å². The van der Waals surface area contributed by atoms with Crippen molar-refractivity contribution in [2.24, 2.45) is 0 Å². The van der Waals surface area contributed by atoms with Gasteiger partial charge in [-0.15, -0.1) is 0 Å². The largest absolute Gasteiger partial charge is 0.389 e. The minimum absolute atomic E-state index is 0.284. The molecule has 2 N–H and O–H groups in total. The van der Waals surface area contributed by atoms with Gasteiger partial charge in [-0.05, 0) is 33.6 Å². The van der Waals surface area contributed by atoms with Crippen molar-refractivity contribution in [1.29, 1.82) is 0 Å². The number of hydrogen-bond donors (Lipinski definition) is 2. The molecule has 2 nitrogen and oxygen atoms in total. The van der Waals surface area contributed by atoms with Gasteiger partial charge in [0, 0.05) is 12.1 Å². The van der Waals surface area contributed by atoms with E-state index in [-0.39, 0.29) is 6.04 Å². The Kier molecular flexibility index (Phi) is 2.55. The fourth-order valence-electron chi connectivity index (χ4n) is 1.70. The lowest BCUT2D eigenvalue weighted by molar-refractivity contribution is 0.0213. The van der Waals surface area contributed by atoms with Crippen molar-refractivity contribution in [3.05, 3.63) is 0 Å². The molecular weight excluding hydrogens is 138 g/mol. The van der Waals surface area contributed by atoms with Crippen LogP contribution in [0.3, 0.4) is 0 Å². The maximum Gasteiger partial charge on any atom is 0.0744 e. The summed E-state index contributed by atoms with van der Waals surface area (Å²) in [6.45, 7) is 5.93. The smallest absolute Gasteiger partial charge is 0.0744 e. The molecule has 1 aliphatic rings. The fourth-order valence-corrected chi connectivity index (χ4v) is 1.70. The van der Waals surface area contributed by atoms with E-state index in [0.717, 1.165) is 6.42 Å². The Balaban J connectivity index is 2.46. The predicted octanol–water partition coefficient (Wildman–Crippen LogP) is 1.29. The Morgan fingerprint density at radius 2 is 2.00 bits per heavy atom. The molecule has 0 aliphatic carbocycles. The van der Waals surface area contributed by atoms with Crippen LogP contribution in [-0.2, 0) is 0 Å². The van der Waals surface area contributed by atoms with E-state index in [1.165, 1.54) is 12.8 Å². The molecule has 0 aromatic carbocycles. The summed E-state index contributed by atoms with van der Waals surface area (Å²) in [5, 5.41) is 13.1. The van der Waals surface area contributed by atoms with E-state index in [9.17, 15) is 5.11 Å². The first-order valence-corrected chi connectivity index (χ1v) is 4.48. The van der Waals surface area contributed by atoms with E-state index in [1.807, 2.05) is 13.8 Å². The van der Waals surface area contributed by atoms with Crippen LogP contribution in [0.25, 0.3) is 0 Å². The van der Waals surface area contributed by atoms with E-state index in [1.54, 1.807) is 0 Å². The molecule has 0 saturated carbocycles. The number of nitrogens with one attached hydrogen (secondary N) is 1. The van der Waals surface area contributed by atoms with E-state index < -0.39 is 5.60 Å². The molecule has 0 radical (unpaired) electrons. The first-order chi connectivity index (χ1) is 5.00. The maximum atomic E-state index is 9.70. The highest BCUT2D eigenvalue weighted by Crippen LogP contribution is 2.20. The third-order valence-electron chi connectivity index (χ3n) is 2.47. The third-order valence-corrected chi connectivity index (χ3v) is 2.47. The van der Waals surface area contributed by atoms with Gasteiger partial charge >= 0.3 is 0 Å². The van der Waals surface area contributed by atoms with E-state index in [4.69, 9.17) is 0 Å². The molecule has 0 aromatic heterocycles. The zero-order valence-corrected chi connectivity index (χ0v) is 7.72. The van der Waals surface area contributed by atoms with E-state index in [0.29, 0.717) is 6.04 Å². The van der Waals surface area contributed by atoms with Crippen LogP contribution >= 0.6 is 0 Å². The molecule has 66 valence electrons. The van der Waals surface area contributed by atoms with Crippen LogP contribution in [0.5, 0.6) is 0 Å². The lowest BCUT2D eigenvalue weighted by atomic mass is 9.89. The second-order valence-electron chi connectivity index (χ2n) is 4.20. The van der Waals surface area contributed by atoms with Gasteiger partial charge in [-0.2, -0.15) is 0 Å². The summed E-state index contributed by atoms with van der Waals surface area (Å²) in [5.74, 6) is 0. The van der Waals surface area contributed by atoms with Crippen molar-refractivity contribution in [2.45, 2.75) is 57.7 Å². The predicted molar refractivity (Wildman–Crippen MR) is 46.5 cm³/mol. The second kappa shape index (κ2) is 3.11. The molecule has 2 unspecified atom stereocenters. The van der Waals surface area contributed by atoms with Crippen LogP contribution in [0.2, 0.25) is 0 Å². The summed E-state index contributed by atoms with van der Waals surface area (Å²) in [7, 11) is 0. The Hall–Kier alpha value is -0.0800. The molecule has 0 bridgehead atoms. The highest BCUT2D eigenvalue weighted by molar-refractivity contribution is 4.88. The zero-order valence-electron chi connectivity index (χ0n) is 7.72. The summed E-state index contributed by atoms with van der Waals surface area (Å²) >= 11 is 0. The monoisotopic (exact) mass is 157 g/mol. The third kappa shape index (κ3) is 2.46. The quantitative estimate of drug-likeness (QED) is 0.601. The Morgan fingerprint density at radius 3 is 2.36 bits per heavy atom. The molecule has 0 aromatic rings. The highest BCUT2D eigenvalue weighted by Gasteiger charge is 2.29. The topological polar surface area (TPSA) is 32.3 Å². The minimum Gasteiger partial charge on any atom is -0.389 e. The summed E-state index contributed by atoms with van der Waals surface area (Å²) in [5.41, 5.74) is -0.561. The lowest BCUT2D eigenvalue weighted by Crippen LogP contribution is -2.52. The van der Waals surface area contributed by atoms with E-state index >= 15 is 0 Å². The highest BCUT2D eigenvalue weighted by atomic mass is 16.3. The lowest BCUT2D eigenvalue weighted by Gasteiger charge is -2.36. The number of rotatable bonds is 1. The Morgan fingerprint density at radius 1 is 1.36 bits per heavy atom. The van der Waals surface area contributed by atoms with Crippen LogP contribution in [-0.4, -0.2) is 22.8 Å². The fraction of sp³-hybridized carbons (Fsp3) is 1.00. The molecule has 11 heavy (non-hydrogen) atoms. The summed E-state index contributed by atoms with van der Waals surface area (Å²) in [6.07, 6.45) is 3.59. The second-order valence-corrected chi connectivity index (χ2v) is 4.20. The van der Waals surface area contributed by atoms with Crippen molar-refractivity contribution in [3.8, 4) is 0 Å². The summed E-state index contributed by atoms with van der Waals surface area (Å²) in [6, 6.07) is 0.853. The van der Waals surface area contributed by atoms with Crippen LogP contribution < -0.4 is 5.32 Å². The van der Waals surface area contributed by atoms with Crippen molar-refractivity contribution in [1.82, 2.24) is 5.32 Å². The molecule has 1 aliphatic heterocycles. The van der Waals surface area contributed by atoms with Gasteiger partial charge in [-0.1, -0.05) is 6.42 Å². The van der Waals surface area contributed by atoms with Gasteiger partial charge in [0.25, 0.3) is 0 Å². The number of hydrogen-bond acceptors (Lipinski definition) is 2. The van der Waals surface area contributed by atoms with Gasteiger partial charge in [0.05, 0.1) is 5.60 Å². The molecule has 2 heteroatoms. The Labute approximate surface area is 69.0 Å². The molecule has 0 amide bonds. The molecule has 1 fully saturated rings. The number of piperidine rings is 1. The molecular formula is C9H19NO. The first kappa shape index (κ1) is 9.01. The van der Waals surface area contributed by atoms with Crippen molar-refractivity contribution in [3.63, 3.8) is 0 Å². The molecule has 2 atom stereocenters. The SMILES string of the molecule is CC1CCCC(C(C)(C)O)N1. The summed E-state index contributed by atoms with van der Waals surface area (Å²) < 4.78 is 0. The zero-order chi connectivity index (χ0) is 8.48. The normalized spacial score (nSPS) is 33.8. The molecule has 0 spiro atoms. The number of aliphatic hydroxyl groups is 1. The van der Waals surface area contributed by atoms with Crippen LogP contribution in [0.1, 0.15) is 40.0 Å². The first-order valence-electron chi connectivity index (χ1n) is 4.48. The Bertz CT molecular complexity index is 128. The standard InChI is InChI=1S/C9H19NO/c1-7-5-4-6-8(10-7)9(2,3)11/h7-8,10-11H,4-6H2,1-3H3. The van der Waals surface area contributed by atoms with Gasteiger partial charge in [0.15, 0.2) is 0 Å². The molecule has 1 heterocycles. The van der Waals surface area contributed by atoms with Crippen LogP contribution in [0, 0.1) is 0 Å². The van der Waals surface area contributed by atoms with Gasteiger partial charge in [0.2, 0.25) is 0 Å². The van der Waals surface area contributed by atoms with Crippen molar-refractivity contribution < 1.29 is 5.11 Å². The van der Waals surface area contributed by atoms with Gasteiger partial charge in [-0.3, -0.25) is 0 Å². The van der Waals surface area contributed by atoms with Crippen LogP contribution in [0.15, 0.2) is 0 Å². The average Bonchev–Trinajstić information content (AvgIpc) is 1.86. The van der Waals surface area contributed by atoms with Gasteiger partial charge in [-0.25, -0.2) is 0 Å². The van der Waals surface area contributed by atoms with E-state index in [2.05, 4.69) is 12.2 Å². The van der Waals surface area contributed by atoms with Gasteiger partial charge < -0.3 is 10.4 Å². The van der Waals surface area contributed by atoms with Gasteiger partial charge in [0.1, 0.15) is 0 Å². The average molecular weight is 157 g/mol. The minimum atomic E-state index is -0.561.